The number of nitrogens with one attached hydrogen (secondary N) is 1. The average Bonchev–Trinajstić information content (AvgIpc) is 2.66. The number of alkyl carbamates (subject to hydrolysis) is 1. The van der Waals surface area contributed by atoms with Crippen LogP contribution in [-0.2, 0) is 4.74 Å². The van der Waals surface area contributed by atoms with Crippen molar-refractivity contribution < 1.29 is 18.7 Å². The predicted octanol–water partition coefficient (Wildman–Crippen LogP) is 1.62. The number of benzene rings is 1. The number of cyclic esters (lactones) is 1. The Morgan fingerprint density at radius 2 is 2.44 bits per heavy atom. The van der Waals surface area contributed by atoms with Gasteiger partial charge in [0.15, 0.2) is 6.10 Å². The maximum atomic E-state index is 13.2. The minimum atomic E-state index is -0.441. The molecule has 2 rings (SSSR count). The summed E-state index contributed by atoms with van der Waals surface area (Å²) in [6, 6.07) is 4.64. The van der Waals surface area contributed by atoms with Crippen LogP contribution in [0.3, 0.4) is 0 Å². The van der Waals surface area contributed by atoms with E-state index in [4.69, 9.17) is 9.47 Å². The van der Waals surface area contributed by atoms with Gasteiger partial charge in [0.2, 0.25) is 0 Å². The van der Waals surface area contributed by atoms with Crippen molar-refractivity contribution >= 4 is 6.09 Å². The number of rotatable bonds is 3. The first-order chi connectivity index (χ1) is 7.65. The van der Waals surface area contributed by atoms with Crippen molar-refractivity contribution in [2.75, 3.05) is 13.2 Å². The molecule has 5 heteroatoms. The molecule has 0 saturated carbocycles. The van der Waals surface area contributed by atoms with E-state index in [0.29, 0.717) is 17.9 Å². The molecule has 1 aromatic rings. The van der Waals surface area contributed by atoms with Crippen molar-refractivity contribution in [3.8, 4) is 5.75 Å². The Labute approximate surface area is 92.4 Å². The molecular weight excluding hydrogens is 213 g/mol. The van der Waals surface area contributed by atoms with Gasteiger partial charge < -0.3 is 14.8 Å². The van der Waals surface area contributed by atoms with Gasteiger partial charge in [-0.1, -0.05) is 6.07 Å². The van der Waals surface area contributed by atoms with Crippen molar-refractivity contribution in [1.82, 2.24) is 5.32 Å². The number of aryl methyl sites for hydroxylation is 1. The maximum absolute atomic E-state index is 13.2. The van der Waals surface area contributed by atoms with Gasteiger partial charge in [0.1, 0.15) is 18.2 Å². The van der Waals surface area contributed by atoms with Gasteiger partial charge >= 0.3 is 6.09 Å². The van der Waals surface area contributed by atoms with Gasteiger partial charge in [0.05, 0.1) is 6.54 Å². The van der Waals surface area contributed by atoms with Crippen LogP contribution in [0.5, 0.6) is 5.75 Å². The van der Waals surface area contributed by atoms with Crippen LogP contribution in [0.4, 0.5) is 9.18 Å². The topological polar surface area (TPSA) is 47.6 Å². The highest BCUT2D eigenvalue weighted by Crippen LogP contribution is 2.16. The maximum Gasteiger partial charge on any atom is 0.407 e. The van der Waals surface area contributed by atoms with Crippen LogP contribution in [0.1, 0.15) is 5.56 Å². The van der Waals surface area contributed by atoms with Crippen molar-refractivity contribution in [2.45, 2.75) is 13.0 Å². The molecule has 0 radical (unpaired) electrons. The lowest BCUT2D eigenvalue weighted by Crippen LogP contribution is -2.21. The van der Waals surface area contributed by atoms with E-state index in [1.165, 1.54) is 6.07 Å². The Hall–Kier alpha value is -1.78. The standard InChI is InChI=1S/C11H12FNO3/c1-7-2-3-8(4-10(7)12)15-6-9-5-13-11(14)16-9/h2-4,9H,5-6H2,1H3,(H,13,14). The molecule has 1 aliphatic heterocycles. The second kappa shape index (κ2) is 4.38. The normalized spacial score (nSPS) is 19.1. The van der Waals surface area contributed by atoms with Crippen molar-refractivity contribution in [3.63, 3.8) is 0 Å². The van der Waals surface area contributed by atoms with E-state index in [-0.39, 0.29) is 18.5 Å². The third kappa shape index (κ3) is 2.42. The van der Waals surface area contributed by atoms with E-state index >= 15 is 0 Å². The SMILES string of the molecule is Cc1ccc(OCC2CNC(=O)O2)cc1F. The third-order valence-corrected chi connectivity index (χ3v) is 2.33. The van der Waals surface area contributed by atoms with Crippen LogP contribution in [0.2, 0.25) is 0 Å². The molecule has 0 spiro atoms. The third-order valence-electron chi connectivity index (χ3n) is 2.33. The highest BCUT2D eigenvalue weighted by atomic mass is 19.1. The summed E-state index contributed by atoms with van der Waals surface area (Å²) in [6.45, 7) is 2.33. The van der Waals surface area contributed by atoms with Crippen LogP contribution in [0, 0.1) is 12.7 Å². The van der Waals surface area contributed by atoms with E-state index in [2.05, 4.69) is 5.32 Å². The molecule has 1 N–H and O–H groups in total. The minimum Gasteiger partial charge on any atom is -0.490 e. The Bertz CT molecular complexity index is 408. The predicted molar refractivity (Wildman–Crippen MR) is 54.9 cm³/mol. The summed E-state index contributed by atoms with van der Waals surface area (Å²) in [5, 5.41) is 2.51. The lowest BCUT2D eigenvalue weighted by molar-refractivity contribution is 0.104. The molecule has 0 bridgehead atoms. The van der Waals surface area contributed by atoms with Crippen molar-refractivity contribution in [1.29, 1.82) is 0 Å². The van der Waals surface area contributed by atoms with Crippen molar-refractivity contribution in [3.05, 3.63) is 29.6 Å². The van der Waals surface area contributed by atoms with Gasteiger partial charge in [-0.2, -0.15) is 0 Å². The molecule has 86 valence electrons. The van der Waals surface area contributed by atoms with E-state index < -0.39 is 6.09 Å². The molecule has 1 fully saturated rings. The fourth-order valence-electron chi connectivity index (χ4n) is 1.38. The highest BCUT2D eigenvalue weighted by Gasteiger charge is 2.22. The zero-order valence-electron chi connectivity index (χ0n) is 8.83. The van der Waals surface area contributed by atoms with E-state index in [1.54, 1.807) is 19.1 Å². The van der Waals surface area contributed by atoms with Gasteiger partial charge in [-0.05, 0) is 18.6 Å². The summed E-state index contributed by atoms with van der Waals surface area (Å²) < 4.78 is 23.3. The molecule has 0 aromatic heterocycles. The highest BCUT2D eigenvalue weighted by molar-refractivity contribution is 5.69. The van der Waals surface area contributed by atoms with Crippen LogP contribution in [0.15, 0.2) is 18.2 Å². The Morgan fingerprint density at radius 3 is 3.06 bits per heavy atom. The van der Waals surface area contributed by atoms with Gasteiger partial charge in [0.25, 0.3) is 0 Å². The Kier molecular flexibility index (Phi) is 2.94. The fraction of sp³-hybridized carbons (Fsp3) is 0.364. The molecule has 1 unspecified atom stereocenters. The molecule has 1 amide bonds. The number of ether oxygens (including phenoxy) is 2. The second-order valence-electron chi connectivity index (χ2n) is 3.63. The zero-order chi connectivity index (χ0) is 11.5. The van der Waals surface area contributed by atoms with E-state index in [1.807, 2.05) is 0 Å². The minimum absolute atomic E-state index is 0.223. The lowest BCUT2D eigenvalue weighted by atomic mass is 10.2. The first-order valence-corrected chi connectivity index (χ1v) is 4.98. The molecule has 1 atom stereocenters. The summed E-state index contributed by atoms with van der Waals surface area (Å²) in [5.74, 6) is 0.130. The number of hydrogen-bond donors (Lipinski definition) is 1. The summed E-state index contributed by atoms with van der Waals surface area (Å²) in [6.07, 6.45) is -0.749. The molecule has 0 aliphatic carbocycles. The number of amides is 1. The van der Waals surface area contributed by atoms with Gasteiger partial charge in [-0.3, -0.25) is 0 Å². The average molecular weight is 225 g/mol. The molecule has 1 saturated heterocycles. The molecule has 16 heavy (non-hydrogen) atoms. The molecule has 1 aromatic carbocycles. The number of halogens is 1. The summed E-state index contributed by atoms with van der Waals surface area (Å²) >= 11 is 0. The monoisotopic (exact) mass is 225 g/mol. The number of carbonyl (C=O) groups excluding carboxylic acids is 1. The lowest BCUT2D eigenvalue weighted by Gasteiger charge is -2.10. The number of carbonyl (C=O) groups is 1. The zero-order valence-corrected chi connectivity index (χ0v) is 8.83. The van der Waals surface area contributed by atoms with Crippen LogP contribution in [-0.4, -0.2) is 25.3 Å². The first kappa shape index (κ1) is 10.7. The molecule has 1 aliphatic rings. The molecular formula is C11H12FNO3. The van der Waals surface area contributed by atoms with E-state index in [0.717, 1.165) is 0 Å². The Balaban J connectivity index is 1.89. The summed E-state index contributed by atoms with van der Waals surface area (Å²) in [5.41, 5.74) is 0.571. The summed E-state index contributed by atoms with van der Waals surface area (Å²) in [7, 11) is 0. The Morgan fingerprint density at radius 1 is 1.62 bits per heavy atom. The number of hydrogen-bond acceptors (Lipinski definition) is 3. The van der Waals surface area contributed by atoms with Crippen LogP contribution < -0.4 is 10.1 Å². The largest absolute Gasteiger partial charge is 0.490 e. The van der Waals surface area contributed by atoms with Gasteiger partial charge in [-0.15, -0.1) is 0 Å². The van der Waals surface area contributed by atoms with E-state index in [9.17, 15) is 9.18 Å². The van der Waals surface area contributed by atoms with Gasteiger partial charge in [0, 0.05) is 6.07 Å². The fourth-order valence-corrected chi connectivity index (χ4v) is 1.38. The van der Waals surface area contributed by atoms with Gasteiger partial charge in [-0.25, -0.2) is 9.18 Å². The van der Waals surface area contributed by atoms with Crippen molar-refractivity contribution in [2.24, 2.45) is 0 Å². The van der Waals surface area contributed by atoms with Crippen LogP contribution in [0.25, 0.3) is 0 Å². The molecule has 1 heterocycles. The second-order valence-corrected chi connectivity index (χ2v) is 3.63. The quantitative estimate of drug-likeness (QED) is 0.850. The van der Waals surface area contributed by atoms with Crippen LogP contribution >= 0.6 is 0 Å². The first-order valence-electron chi connectivity index (χ1n) is 4.98. The smallest absolute Gasteiger partial charge is 0.407 e. The summed E-state index contributed by atoms with van der Waals surface area (Å²) in [4.78, 5) is 10.7. The molecule has 4 nitrogen and oxygen atoms in total.